The van der Waals surface area contributed by atoms with Crippen molar-refractivity contribution in [1.82, 2.24) is 5.01 Å². The molecule has 1 atom stereocenters. The van der Waals surface area contributed by atoms with Gasteiger partial charge in [-0.2, -0.15) is 5.10 Å². The van der Waals surface area contributed by atoms with Crippen molar-refractivity contribution in [2.75, 3.05) is 0 Å². The molecule has 1 aliphatic carbocycles. The van der Waals surface area contributed by atoms with Gasteiger partial charge in [0.05, 0.1) is 11.8 Å². The van der Waals surface area contributed by atoms with E-state index in [2.05, 4.69) is 70.3 Å². The fourth-order valence-electron chi connectivity index (χ4n) is 4.61. The van der Waals surface area contributed by atoms with Crippen LogP contribution in [0.15, 0.2) is 52.0 Å². The number of halogens is 1. The fourth-order valence-corrected chi connectivity index (χ4v) is 4.99. The van der Waals surface area contributed by atoms with Crippen LogP contribution in [0.1, 0.15) is 61.3 Å². The minimum absolute atomic E-state index is 0.268. The summed E-state index contributed by atoms with van der Waals surface area (Å²) in [5.41, 5.74) is 4.67. The van der Waals surface area contributed by atoms with Crippen molar-refractivity contribution < 1.29 is 4.74 Å². The lowest BCUT2D eigenvalue weighted by Gasteiger charge is -2.49. The van der Waals surface area contributed by atoms with Crippen molar-refractivity contribution in [2.24, 2.45) is 5.10 Å². The molecule has 1 unspecified atom stereocenters. The Morgan fingerprint density at radius 3 is 2.62 bits per heavy atom. The Bertz CT molecular complexity index is 868. The molecule has 26 heavy (non-hydrogen) atoms. The third-order valence-corrected chi connectivity index (χ3v) is 6.47. The van der Waals surface area contributed by atoms with Crippen LogP contribution in [0.4, 0.5) is 0 Å². The molecule has 1 fully saturated rings. The molecule has 2 aromatic rings. The molecular formula is C22H23BrN2O. The van der Waals surface area contributed by atoms with E-state index < -0.39 is 0 Å². The molecule has 1 spiro atoms. The van der Waals surface area contributed by atoms with Crippen molar-refractivity contribution in [3.63, 3.8) is 0 Å². The standard InChI is InChI=1S/C22H23BrN2O/c1-15-5-7-16(8-6-15)19-14-20-18-13-17(23)9-10-21(18)26-22(25(20)24-19)11-3-2-4-12-22/h5-10,13,20H,2-4,11-12,14H2,1H3. The molecule has 0 bridgehead atoms. The first kappa shape index (κ1) is 16.4. The molecule has 0 amide bonds. The predicted molar refractivity (Wildman–Crippen MR) is 107 cm³/mol. The maximum absolute atomic E-state index is 6.63. The van der Waals surface area contributed by atoms with Crippen LogP contribution < -0.4 is 4.74 Å². The smallest absolute Gasteiger partial charge is 0.198 e. The number of hydrogen-bond donors (Lipinski definition) is 0. The van der Waals surface area contributed by atoms with Gasteiger partial charge in [-0.25, -0.2) is 5.01 Å². The van der Waals surface area contributed by atoms with Crippen LogP contribution in [0.5, 0.6) is 5.75 Å². The van der Waals surface area contributed by atoms with Crippen molar-refractivity contribution in [2.45, 2.75) is 57.2 Å². The number of benzene rings is 2. The van der Waals surface area contributed by atoms with E-state index in [1.807, 2.05) is 0 Å². The number of nitrogens with zero attached hydrogens (tertiary/aromatic N) is 2. The Hall–Kier alpha value is -1.81. The van der Waals surface area contributed by atoms with E-state index >= 15 is 0 Å². The summed E-state index contributed by atoms with van der Waals surface area (Å²) >= 11 is 3.63. The number of fused-ring (bicyclic) bond motifs is 4. The van der Waals surface area contributed by atoms with E-state index in [0.29, 0.717) is 0 Å². The molecule has 0 aromatic heterocycles. The second-order valence-corrected chi connectivity index (χ2v) is 8.68. The van der Waals surface area contributed by atoms with E-state index in [4.69, 9.17) is 9.84 Å². The highest BCUT2D eigenvalue weighted by Gasteiger charge is 2.50. The van der Waals surface area contributed by atoms with E-state index in [-0.39, 0.29) is 11.8 Å². The predicted octanol–water partition coefficient (Wildman–Crippen LogP) is 5.96. The number of ether oxygens (including phenoxy) is 1. The largest absolute Gasteiger partial charge is 0.466 e. The lowest BCUT2D eigenvalue weighted by molar-refractivity contribution is -0.140. The van der Waals surface area contributed by atoms with E-state index in [1.54, 1.807) is 0 Å². The van der Waals surface area contributed by atoms with Crippen LogP contribution in [-0.4, -0.2) is 16.4 Å². The molecule has 1 saturated carbocycles. The fraction of sp³-hybridized carbons (Fsp3) is 0.409. The molecule has 2 heterocycles. The minimum atomic E-state index is -0.268. The van der Waals surface area contributed by atoms with E-state index in [1.165, 1.54) is 41.7 Å². The second-order valence-electron chi connectivity index (χ2n) is 7.77. The van der Waals surface area contributed by atoms with Crippen LogP contribution in [0.25, 0.3) is 0 Å². The van der Waals surface area contributed by atoms with Gasteiger partial charge in [-0.15, -0.1) is 0 Å². The van der Waals surface area contributed by atoms with Crippen molar-refractivity contribution >= 4 is 21.6 Å². The summed E-state index contributed by atoms with van der Waals surface area (Å²) in [5, 5.41) is 7.43. The van der Waals surface area contributed by atoms with Gasteiger partial charge in [0.2, 0.25) is 0 Å². The summed E-state index contributed by atoms with van der Waals surface area (Å²) in [6.45, 7) is 2.13. The molecule has 0 radical (unpaired) electrons. The third-order valence-electron chi connectivity index (χ3n) is 5.98. The quantitative estimate of drug-likeness (QED) is 0.578. The highest BCUT2D eigenvalue weighted by molar-refractivity contribution is 9.10. The molecule has 3 nitrogen and oxygen atoms in total. The number of rotatable bonds is 1. The normalized spacial score (nSPS) is 23.2. The van der Waals surface area contributed by atoms with Gasteiger partial charge in [0.1, 0.15) is 5.75 Å². The average Bonchev–Trinajstić information content (AvgIpc) is 3.11. The zero-order valence-electron chi connectivity index (χ0n) is 15.0. The summed E-state index contributed by atoms with van der Waals surface area (Å²) in [6.07, 6.45) is 6.78. The maximum Gasteiger partial charge on any atom is 0.198 e. The van der Waals surface area contributed by atoms with Crippen LogP contribution in [0.2, 0.25) is 0 Å². The van der Waals surface area contributed by atoms with Crippen molar-refractivity contribution in [3.05, 3.63) is 63.6 Å². The lowest BCUT2D eigenvalue weighted by atomic mass is 9.86. The SMILES string of the molecule is Cc1ccc(C2=NN3C(C2)c2cc(Br)ccc2OC32CCCCC2)cc1. The van der Waals surface area contributed by atoms with Gasteiger partial charge in [-0.1, -0.05) is 52.2 Å². The van der Waals surface area contributed by atoms with E-state index in [9.17, 15) is 0 Å². The molecule has 5 rings (SSSR count). The Morgan fingerprint density at radius 2 is 1.85 bits per heavy atom. The summed E-state index contributed by atoms with van der Waals surface area (Å²) in [5.74, 6) is 1.04. The first-order chi connectivity index (χ1) is 12.6. The zero-order valence-corrected chi connectivity index (χ0v) is 16.6. The van der Waals surface area contributed by atoms with Crippen LogP contribution in [-0.2, 0) is 0 Å². The highest BCUT2D eigenvalue weighted by atomic mass is 79.9. The summed E-state index contributed by atoms with van der Waals surface area (Å²) in [7, 11) is 0. The Kier molecular flexibility index (Phi) is 3.85. The van der Waals surface area contributed by atoms with Gasteiger partial charge in [-0.3, -0.25) is 0 Å². The Labute approximate surface area is 163 Å². The van der Waals surface area contributed by atoms with Gasteiger partial charge < -0.3 is 4.74 Å². The molecule has 4 heteroatoms. The minimum Gasteiger partial charge on any atom is -0.466 e. The molecular weight excluding hydrogens is 388 g/mol. The molecule has 0 N–H and O–H groups in total. The molecule has 2 aliphatic heterocycles. The maximum atomic E-state index is 6.63. The first-order valence-corrected chi connectivity index (χ1v) is 10.4. The number of aryl methyl sites for hydroxylation is 1. The van der Waals surface area contributed by atoms with Gasteiger partial charge in [0, 0.05) is 29.3 Å². The van der Waals surface area contributed by atoms with Gasteiger partial charge in [0.15, 0.2) is 5.72 Å². The van der Waals surface area contributed by atoms with Crippen molar-refractivity contribution in [3.8, 4) is 5.75 Å². The van der Waals surface area contributed by atoms with Crippen LogP contribution in [0.3, 0.4) is 0 Å². The summed E-state index contributed by atoms with van der Waals surface area (Å²) < 4.78 is 7.73. The number of hydrazone groups is 1. The zero-order chi connectivity index (χ0) is 17.7. The van der Waals surface area contributed by atoms with Crippen LogP contribution >= 0.6 is 15.9 Å². The van der Waals surface area contributed by atoms with Gasteiger partial charge in [-0.05, 0) is 43.5 Å². The molecule has 2 aromatic carbocycles. The third kappa shape index (κ3) is 2.58. The van der Waals surface area contributed by atoms with Gasteiger partial charge >= 0.3 is 0 Å². The first-order valence-electron chi connectivity index (χ1n) is 9.57. The summed E-state index contributed by atoms with van der Waals surface area (Å²) in [4.78, 5) is 0. The summed E-state index contributed by atoms with van der Waals surface area (Å²) in [6, 6.07) is 15.4. The molecule has 134 valence electrons. The highest BCUT2D eigenvalue weighted by Crippen LogP contribution is 2.51. The monoisotopic (exact) mass is 410 g/mol. The van der Waals surface area contributed by atoms with Crippen molar-refractivity contribution in [1.29, 1.82) is 0 Å². The Balaban J connectivity index is 1.60. The Morgan fingerprint density at radius 1 is 1.08 bits per heavy atom. The second kappa shape index (κ2) is 6.12. The average molecular weight is 411 g/mol. The van der Waals surface area contributed by atoms with Crippen LogP contribution in [0, 0.1) is 6.92 Å². The molecule has 0 saturated heterocycles. The molecule has 3 aliphatic rings. The lowest BCUT2D eigenvalue weighted by Crippen LogP contribution is -2.54. The topological polar surface area (TPSA) is 24.8 Å². The number of hydrogen-bond acceptors (Lipinski definition) is 3. The van der Waals surface area contributed by atoms with Gasteiger partial charge in [0.25, 0.3) is 0 Å². The van der Waals surface area contributed by atoms with E-state index in [0.717, 1.165) is 29.5 Å².